The Balaban J connectivity index is 0.000001000. The molecule has 63 valence electrons. The Bertz CT molecular complexity index is 306. The molecule has 0 bridgehead atoms. The maximum absolute atomic E-state index is 10.4. The molecule has 11 heavy (non-hydrogen) atoms. The van der Waals surface area contributed by atoms with Gasteiger partial charge in [-0.1, -0.05) is 18.2 Å². The summed E-state index contributed by atoms with van der Waals surface area (Å²) in [6, 6.07) is 7.42. The molecule has 1 N–H and O–H groups in total. The molecular formula is C6H6O3RhS. The van der Waals surface area contributed by atoms with Gasteiger partial charge in [0.25, 0.3) is 10.1 Å². The first-order valence-corrected chi connectivity index (χ1v) is 4.07. The van der Waals surface area contributed by atoms with Gasteiger partial charge in [-0.2, -0.15) is 8.42 Å². The molecule has 0 amide bonds. The number of rotatable bonds is 1. The normalized spacial score (nSPS) is 10.3. The Kier molecular flexibility index (Phi) is 3.86. The third-order valence-corrected chi connectivity index (χ3v) is 1.91. The van der Waals surface area contributed by atoms with Gasteiger partial charge in [0.05, 0.1) is 4.90 Å². The van der Waals surface area contributed by atoms with Crippen LogP contribution in [0.1, 0.15) is 0 Å². The van der Waals surface area contributed by atoms with Crippen molar-refractivity contribution < 1.29 is 32.4 Å². The minimum Gasteiger partial charge on any atom is -0.282 e. The molecule has 1 aromatic rings. The van der Waals surface area contributed by atoms with Crippen LogP contribution in [0, 0.1) is 0 Å². The van der Waals surface area contributed by atoms with Crippen molar-refractivity contribution in [1.29, 1.82) is 0 Å². The Labute approximate surface area is 77.9 Å². The van der Waals surface area contributed by atoms with Gasteiger partial charge in [-0.25, -0.2) is 0 Å². The number of hydrogen-bond acceptors (Lipinski definition) is 2. The molecule has 0 unspecified atom stereocenters. The van der Waals surface area contributed by atoms with Crippen LogP contribution in [0.5, 0.6) is 0 Å². The van der Waals surface area contributed by atoms with Crippen molar-refractivity contribution in [2.75, 3.05) is 0 Å². The van der Waals surface area contributed by atoms with Crippen LogP contribution < -0.4 is 0 Å². The SMILES string of the molecule is O=S(=O)(O)c1ccccc1.[Rh]. The fourth-order valence-electron chi connectivity index (χ4n) is 0.592. The van der Waals surface area contributed by atoms with Crippen LogP contribution in [0.15, 0.2) is 35.2 Å². The summed E-state index contributed by atoms with van der Waals surface area (Å²) in [6.07, 6.45) is 0. The van der Waals surface area contributed by atoms with E-state index in [4.69, 9.17) is 4.55 Å². The maximum atomic E-state index is 10.4. The van der Waals surface area contributed by atoms with Gasteiger partial charge in [0.15, 0.2) is 0 Å². The van der Waals surface area contributed by atoms with Crippen molar-refractivity contribution in [2.45, 2.75) is 4.90 Å². The summed E-state index contributed by atoms with van der Waals surface area (Å²) >= 11 is 0. The van der Waals surface area contributed by atoms with Crippen LogP contribution in [0.4, 0.5) is 0 Å². The smallest absolute Gasteiger partial charge is 0.282 e. The van der Waals surface area contributed by atoms with E-state index in [1.54, 1.807) is 18.2 Å². The van der Waals surface area contributed by atoms with Gasteiger partial charge in [-0.15, -0.1) is 0 Å². The van der Waals surface area contributed by atoms with Crippen molar-refractivity contribution in [1.82, 2.24) is 0 Å². The maximum Gasteiger partial charge on any atom is 0.294 e. The monoisotopic (exact) mass is 261 g/mol. The van der Waals surface area contributed by atoms with E-state index in [0.717, 1.165) is 0 Å². The summed E-state index contributed by atoms with van der Waals surface area (Å²) in [5.41, 5.74) is 0. The summed E-state index contributed by atoms with van der Waals surface area (Å²) < 4.78 is 29.2. The van der Waals surface area contributed by atoms with Crippen molar-refractivity contribution in [3.63, 3.8) is 0 Å². The van der Waals surface area contributed by atoms with Crippen LogP contribution in [0.25, 0.3) is 0 Å². The van der Waals surface area contributed by atoms with Gasteiger partial charge in [0, 0.05) is 19.5 Å². The molecule has 0 heterocycles. The van der Waals surface area contributed by atoms with Gasteiger partial charge < -0.3 is 0 Å². The zero-order valence-corrected chi connectivity index (χ0v) is 7.85. The van der Waals surface area contributed by atoms with Crippen LogP contribution in [-0.2, 0) is 29.6 Å². The van der Waals surface area contributed by atoms with E-state index in [2.05, 4.69) is 0 Å². The molecule has 5 heteroatoms. The molecule has 0 atom stereocenters. The fraction of sp³-hybridized carbons (Fsp3) is 0. The molecule has 3 nitrogen and oxygen atoms in total. The van der Waals surface area contributed by atoms with Crippen LogP contribution >= 0.6 is 0 Å². The molecule has 0 saturated carbocycles. The minimum atomic E-state index is -4.00. The summed E-state index contributed by atoms with van der Waals surface area (Å²) in [5, 5.41) is 0. The summed E-state index contributed by atoms with van der Waals surface area (Å²) in [5.74, 6) is 0. The van der Waals surface area contributed by atoms with Gasteiger partial charge in [-0.3, -0.25) is 4.55 Å². The van der Waals surface area contributed by atoms with Gasteiger partial charge >= 0.3 is 0 Å². The first kappa shape index (κ1) is 10.8. The second-order valence-electron chi connectivity index (χ2n) is 1.79. The zero-order chi connectivity index (χ0) is 7.61. The van der Waals surface area contributed by atoms with Crippen LogP contribution in [0.2, 0.25) is 0 Å². The largest absolute Gasteiger partial charge is 0.294 e. The molecule has 0 saturated heterocycles. The van der Waals surface area contributed by atoms with Crippen molar-refractivity contribution >= 4 is 10.1 Å². The Morgan fingerprint density at radius 1 is 1.09 bits per heavy atom. The molecule has 0 spiro atoms. The van der Waals surface area contributed by atoms with E-state index in [1.165, 1.54) is 12.1 Å². The first-order chi connectivity index (χ1) is 4.61. The molecule has 0 aromatic heterocycles. The van der Waals surface area contributed by atoms with E-state index in [9.17, 15) is 8.42 Å². The summed E-state index contributed by atoms with van der Waals surface area (Å²) in [6.45, 7) is 0. The summed E-state index contributed by atoms with van der Waals surface area (Å²) in [4.78, 5) is -0.0741. The average Bonchev–Trinajstić information content (AvgIpc) is 1.88. The molecule has 1 rings (SSSR count). The van der Waals surface area contributed by atoms with Gasteiger partial charge in [0.1, 0.15) is 0 Å². The van der Waals surface area contributed by atoms with Gasteiger partial charge in [-0.05, 0) is 12.1 Å². The van der Waals surface area contributed by atoms with E-state index in [1.807, 2.05) is 0 Å². The second-order valence-corrected chi connectivity index (χ2v) is 3.21. The van der Waals surface area contributed by atoms with E-state index in [-0.39, 0.29) is 24.4 Å². The Morgan fingerprint density at radius 2 is 1.55 bits per heavy atom. The Hall–Kier alpha value is -0.247. The quantitative estimate of drug-likeness (QED) is 0.604. The number of benzene rings is 1. The van der Waals surface area contributed by atoms with Crippen molar-refractivity contribution in [3.8, 4) is 0 Å². The average molecular weight is 261 g/mol. The third kappa shape index (κ3) is 3.10. The van der Waals surface area contributed by atoms with Crippen molar-refractivity contribution in [3.05, 3.63) is 30.3 Å². The molecule has 1 aromatic carbocycles. The topological polar surface area (TPSA) is 54.4 Å². The van der Waals surface area contributed by atoms with E-state index in [0.29, 0.717) is 0 Å². The predicted octanol–water partition coefficient (Wildman–Crippen LogP) is 0.931. The van der Waals surface area contributed by atoms with Gasteiger partial charge in [0.2, 0.25) is 0 Å². The molecule has 1 radical (unpaired) electrons. The summed E-state index contributed by atoms with van der Waals surface area (Å²) in [7, 11) is -4.00. The van der Waals surface area contributed by atoms with Crippen LogP contribution in [-0.4, -0.2) is 13.0 Å². The first-order valence-electron chi connectivity index (χ1n) is 2.63. The van der Waals surface area contributed by atoms with E-state index >= 15 is 0 Å². The molecule has 0 aliphatic rings. The number of hydrogen-bond donors (Lipinski definition) is 1. The van der Waals surface area contributed by atoms with Crippen molar-refractivity contribution in [2.24, 2.45) is 0 Å². The second kappa shape index (κ2) is 3.95. The molecule has 0 fully saturated rings. The molecule has 0 aliphatic heterocycles. The standard InChI is InChI=1S/C6H6O3S.Rh/c7-10(8,9)6-4-2-1-3-5-6;/h1-5H,(H,7,8,9);. The zero-order valence-electron chi connectivity index (χ0n) is 5.39. The Morgan fingerprint density at radius 3 is 1.82 bits per heavy atom. The predicted molar refractivity (Wildman–Crippen MR) is 36.3 cm³/mol. The van der Waals surface area contributed by atoms with E-state index < -0.39 is 10.1 Å². The molecule has 0 aliphatic carbocycles. The molecular weight excluding hydrogens is 255 g/mol. The third-order valence-electron chi connectivity index (χ3n) is 1.04. The fourth-order valence-corrected chi connectivity index (χ4v) is 1.09. The van der Waals surface area contributed by atoms with Crippen LogP contribution in [0.3, 0.4) is 0 Å². The minimum absolute atomic E-state index is 0.